The fourth-order valence-electron chi connectivity index (χ4n) is 2.61. The molecule has 1 rings (SSSR count). The molecule has 0 aromatic carbocycles. The molecule has 0 bridgehead atoms. The quantitative estimate of drug-likeness (QED) is 0.530. The van der Waals surface area contributed by atoms with Crippen molar-refractivity contribution >= 4 is 11.9 Å². The number of likely N-dealkylation sites (N-methyl/N-ethyl adjacent to an activating group) is 1. The van der Waals surface area contributed by atoms with E-state index < -0.39 is 0 Å². The van der Waals surface area contributed by atoms with Crippen molar-refractivity contribution in [2.45, 2.75) is 33.6 Å². The van der Waals surface area contributed by atoms with Crippen LogP contribution in [0.5, 0.6) is 0 Å². The van der Waals surface area contributed by atoms with Crippen LogP contribution in [0.4, 0.5) is 0 Å². The summed E-state index contributed by atoms with van der Waals surface area (Å²) in [6.45, 7) is 13.2. The van der Waals surface area contributed by atoms with Gasteiger partial charge in [0, 0.05) is 19.6 Å². The number of piperidine rings is 1. The summed E-state index contributed by atoms with van der Waals surface area (Å²) in [6.07, 6.45) is 1.67. The minimum absolute atomic E-state index is 0.0899. The lowest BCUT2D eigenvalue weighted by atomic mass is 9.98. The lowest BCUT2D eigenvalue weighted by Gasteiger charge is -2.33. The van der Waals surface area contributed by atoms with E-state index in [4.69, 9.17) is 4.74 Å². The number of carbonyl (C=O) groups is 2. The molecule has 1 amide bonds. The van der Waals surface area contributed by atoms with Crippen molar-refractivity contribution in [3.05, 3.63) is 12.2 Å². The van der Waals surface area contributed by atoms with Crippen LogP contribution in [0.2, 0.25) is 0 Å². The first-order valence-corrected chi connectivity index (χ1v) is 7.79. The third kappa shape index (κ3) is 5.87. The van der Waals surface area contributed by atoms with Crippen LogP contribution in [0.15, 0.2) is 12.2 Å². The Labute approximate surface area is 127 Å². The second-order valence-electron chi connectivity index (χ2n) is 5.69. The number of carbonyl (C=O) groups excluding carboxylic acids is 2. The fourth-order valence-corrected chi connectivity index (χ4v) is 2.61. The Morgan fingerprint density at radius 3 is 2.62 bits per heavy atom. The van der Waals surface area contributed by atoms with Crippen molar-refractivity contribution < 1.29 is 14.3 Å². The number of rotatable bonds is 7. The number of esters is 1. The van der Waals surface area contributed by atoms with Crippen LogP contribution in [0.3, 0.4) is 0 Å². The molecule has 0 spiro atoms. The molecule has 1 fully saturated rings. The maximum atomic E-state index is 12.4. The predicted molar refractivity (Wildman–Crippen MR) is 82.9 cm³/mol. The number of hydrogen-bond acceptors (Lipinski definition) is 4. The van der Waals surface area contributed by atoms with E-state index in [1.165, 1.54) is 0 Å². The van der Waals surface area contributed by atoms with Gasteiger partial charge in [-0.2, -0.15) is 0 Å². The lowest BCUT2D eigenvalue weighted by molar-refractivity contribution is -0.151. The topological polar surface area (TPSA) is 49.9 Å². The number of ether oxygens (including phenoxy) is 1. The molecule has 5 nitrogen and oxygen atoms in total. The van der Waals surface area contributed by atoms with Crippen LogP contribution >= 0.6 is 0 Å². The van der Waals surface area contributed by atoms with Crippen LogP contribution in [0.25, 0.3) is 0 Å². The van der Waals surface area contributed by atoms with Crippen molar-refractivity contribution in [1.29, 1.82) is 0 Å². The zero-order valence-electron chi connectivity index (χ0n) is 13.6. The summed E-state index contributed by atoms with van der Waals surface area (Å²) in [6, 6.07) is 0. The van der Waals surface area contributed by atoms with Gasteiger partial charge < -0.3 is 9.64 Å². The largest absolute Gasteiger partial charge is 0.466 e. The molecule has 0 aliphatic carbocycles. The van der Waals surface area contributed by atoms with Crippen molar-refractivity contribution in [2.24, 2.45) is 5.92 Å². The molecule has 0 aromatic rings. The Morgan fingerprint density at radius 1 is 1.33 bits per heavy atom. The smallest absolute Gasteiger partial charge is 0.310 e. The first-order valence-electron chi connectivity index (χ1n) is 7.79. The van der Waals surface area contributed by atoms with E-state index in [1.54, 1.807) is 11.8 Å². The van der Waals surface area contributed by atoms with Gasteiger partial charge in [-0.25, -0.2) is 0 Å². The molecular weight excluding hydrogens is 268 g/mol. The van der Waals surface area contributed by atoms with Crippen LogP contribution in [-0.2, 0) is 14.3 Å². The number of amides is 1. The molecule has 0 saturated carbocycles. The third-order valence-corrected chi connectivity index (χ3v) is 3.69. The summed E-state index contributed by atoms with van der Waals surface area (Å²) in [7, 11) is 0. The molecule has 1 atom stereocenters. The zero-order valence-corrected chi connectivity index (χ0v) is 13.6. The van der Waals surface area contributed by atoms with Gasteiger partial charge >= 0.3 is 5.97 Å². The maximum absolute atomic E-state index is 12.4. The monoisotopic (exact) mass is 296 g/mol. The Kier molecular flexibility index (Phi) is 7.43. The third-order valence-electron chi connectivity index (χ3n) is 3.69. The SMILES string of the molecule is C=C(C)CN(CC)CC(=O)N1CCCC(C(=O)OCC)C1. The van der Waals surface area contributed by atoms with E-state index in [9.17, 15) is 9.59 Å². The minimum atomic E-state index is -0.177. The standard InChI is InChI=1S/C16H28N2O3/c1-5-17(10-13(3)4)12-15(19)18-9-7-8-14(11-18)16(20)21-6-2/h14H,3,5-12H2,1-2,4H3. The first-order chi connectivity index (χ1) is 9.97. The van der Waals surface area contributed by atoms with E-state index in [1.807, 2.05) is 13.8 Å². The van der Waals surface area contributed by atoms with Gasteiger partial charge in [-0.15, -0.1) is 0 Å². The lowest BCUT2D eigenvalue weighted by Crippen LogP contribution is -2.47. The van der Waals surface area contributed by atoms with E-state index in [0.29, 0.717) is 19.7 Å². The molecule has 1 saturated heterocycles. The number of nitrogens with zero attached hydrogens (tertiary/aromatic N) is 2. The van der Waals surface area contributed by atoms with Gasteiger partial charge in [0.05, 0.1) is 19.1 Å². The van der Waals surface area contributed by atoms with Gasteiger partial charge in [0.15, 0.2) is 0 Å². The first kappa shape index (κ1) is 17.7. The van der Waals surface area contributed by atoms with Crippen LogP contribution in [-0.4, -0.2) is 61.0 Å². The number of likely N-dealkylation sites (tertiary alicyclic amines) is 1. The van der Waals surface area contributed by atoms with E-state index in [0.717, 1.165) is 38.0 Å². The summed E-state index contributed by atoms with van der Waals surface area (Å²) in [5.74, 6) is -0.254. The Morgan fingerprint density at radius 2 is 2.05 bits per heavy atom. The molecule has 1 heterocycles. The molecule has 0 aromatic heterocycles. The van der Waals surface area contributed by atoms with Gasteiger partial charge in [0.25, 0.3) is 0 Å². The van der Waals surface area contributed by atoms with Crippen LogP contribution < -0.4 is 0 Å². The summed E-state index contributed by atoms with van der Waals surface area (Å²) >= 11 is 0. The average Bonchev–Trinajstić information content (AvgIpc) is 2.46. The van der Waals surface area contributed by atoms with Gasteiger partial charge in [-0.05, 0) is 33.2 Å². The van der Waals surface area contributed by atoms with E-state index in [-0.39, 0.29) is 17.8 Å². The predicted octanol–water partition coefficient (Wildman–Crippen LogP) is 1.69. The molecule has 1 aliphatic rings. The Bertz CT molecular complexity index is 382. The Balaban J connectivity index is 2.53. The molecule has 1 unspecified atom stereocenters. The van der Waals surface area contributed by atoms with Crippen molar-refractivity contribution in [3.63, 3.8) is 0 Å². The van der Waals surface area contributed by atoms with Gasteiger partial charge in [-0.1, -0.05) is 19.1 Å². The summed E-state index contributed by atoms with van der Waals surface area (Å²) in [4.78, 5) is 28.1. The molecular formula is C16H28N2O3. The molecule has 0 N–H and O–H groups in total. The molecule has 21 heavy (non-hydrogen) atoms. The highest BCUT2D eigenvalue weighted by atomic mass is 16.5. The maximum Gasteiger partial charge on any atom is 0.310 e. The molecule has 120 valence electrons. The van der Waals surface area contributed by atoms with E-state index in [2.05, 4.69) is 11.5 Å². The molecule has 1 aliphatic heterocycles. The van der Waals surface area contributed by atoms with Crippen molar-refractivity contribution in [2.75, 3.05) is 39.3 Å². The highest BCUT2D eigenvalue weighted by Crippen LogP contribution is 2.18. The zero-order chi connectivity index (χ0) is 15.8. The van der Waals surface area contributed by atoms with Gasteiger partial charge in [-0.3, -0.25) is 14.5 Å². The van der Waals surface area contributed by atoms with Gasteiger partial charge in [0.1, 0.15) is 0 Å². The second-order valence-corrected chi connectivity index (χ2v) is 5.69. The number of hydrogen-bond donors (Lipinski definition) is 0. The van der Waals surface area contributed by atoms with Gasteiger partial charge in [0.2, 0.25) is 5.91 Å². The summed E-state index contributed by atoms with van der Waals surface area (Å²) < 4.78 is 5.07. The van der Waals surface area contributed by atoms with Crippen LogP contribution in [0, 0.1) is 5.92 Å². The van der Waals surface area contributed by atoms with Crippen LogP contribution in [0.1, 0.15) is 33.6 Å². The van der Waals surface area contributed by atoms with Crippen molar-refractivity contribution in [3.8, 4) is 0 Å². The van der Waals surface area contributed by atoms with E-state index >= 15 is 0 Å². The summed E-state index contributed by atoms with van der Waals surface area (Å²) in [5.41, 5.74) is 1.05. The Hall–Kier alpha value is -1.36. The molecule has 5 heteroatoms. The van der Waals surface area contributed by atoms with Crippen molar-refractivity contribution in [1.82, 2.24) is 9.80 Å². The second kappa shape index (κ2) is 8.82. The molecule has 0 radical (unpaired) electrons. The average molecular weight is 296 g/mol. The summed E-state index contributed by atoms with van der Waals surface area (Å²) in [5, 5.41) is 0. The normalized spacial score (nSPS) is 18.7. The highest BCUT2D eigenvalue weighted by molar-refractivity contribution is 5.80. The fraction of sp³-hybridized carbons (Fsp3) is 0.750. The minimum Gasteiger partial charge on any atom is -0.466 e. The highest BCUT2D eigenvalue weighted by Gasteiger charge is 2.29.